The van der Waals surface area contributed by atoms with E-state index in [1.54, 1.807) is 49.4 Å². The molecule has 4 N–H and O–H groups in total. The molecule has 2 aromatic carbocycles. The maximum atomic E-state index is 11.3. The maximum absolute atomic E-state index is 11.3. The zero-order valence-corrected chi connectivity index (χ0v) is 14.3. The van der Waals surface area contributed by atoms with Crippen LogP contribution in [0.25, 0.3) is 0 Å². The Morgan fingerprint density at radius 3 is 1.89 bits per heavy atom. The van der Waals surface area contributed by atoms with Gasteiger partial charge in [0.25, 0.3) is 0 Å². The summed E-state index contributed by atoms with van der Waals surface area (Å²) in [6.45, 7) is 1.75. The monoisotopic (exact) mass is 364 g/mol. The summed E-state index contributed by atoms with van der Waals surface area (Å²) < 4.78 is 0. The van der Waals surface area contributed by atoms with Crippen molar-refractivity contribution in [2.75, 3.05) is 10.6 Å². The van der Waals surface area contributed by atoms with Gasteiger partial charge in [-0.2, -0.15) is 4.98 Å². The number of rotatable bonds is 6. The van der Waals surface area contributed by atoms with Crippen molar-refractivity contribution < 1.29 is 19.8 Å². The van der Waals surface area contributed by atoms with Crippen molar-refractivity contribution in [1.29, 1.82) is 0 Å². The quantitative estimate of drug-likeness (QED) is 0.522. The Hall–Kier alpha value is -3.94. The highest BCUT2D eigenvalue weighted by Crippen LogP contribution is 2.23. The molecule has 0 radical (unpaired) electrons. The van der Waals surface area contributed by atoms with Crippen LogP contribution >= 0.6 is 0 Å². The highest BCUT2D eigenvalue weighted by molar-refractivity contribution is 5.95. The van der Waals surface area contributed by atoms with Gasteiger partial charge < -0.3 is 20.8 Å². The number of hydrogen-bond donors (Lipinski definition) is 4. The van der Waals surface area contributed by atoms with E-state index in [1.165, 1.54) is 12.1 Å². The average Bonchev–Trinajstić information content (AvgIpc) is 2.61. The first-order valence-corrected chi connectivity index (χ1v) is 7.98. The normalized spacial score (nSPS) is 10.3. The molecule has 0 fully saturated rings. The Kier molecular flexibility index (Phi) is 4.98. The summed E-state index contributed by atoms with van der Waals surface area (Å²) in [5.74, 6) is -1.55. The van der Waals surface area contributed by atoms with Crippen LogP contribution < -0.4 is 10.6 Å². The summed E-state index contributed by atoms with van der Waals surface area (Å²) in [7, 11) is 0. The second-order valence-electron chi connectivity index (χ2n) is 5.67. The summed E-state index contributed by atoms with van der Waals surface area (Å²) in [6, 6.07) is 14.5. The summed E-state index contributed by atoms with van der Waals surface area (Å²) in [5.41, 5.74) is 1.57. The van der Waals surface area contributed by atoms with Crippen LogP contribution in [0.4, 0.5) is 23.1 Å². The Bertz CT molecular complexity index is 942. The van der Waals surface area contributed by atoms with Gasteiger partial charge in [0.15, 0.2) is 0 Å². The number of anilines is 4. The largest absolute Gasteiger partial charge is 0.478 e. The first-order chi connectivity index (χ1) is 12.9. The zero-order chi connectivity index (χ0) is 19.4. The van der Waals surface area contributed by atoms with Gasteiger partial charge in [0, 0.05) is 11.8 Å². The smallest absolute Gasteiger partial charge is 0.337 e. The molecule has 0 atom stereocenters. The fourth-order valence-electron chi connectivity index (χ4n) is 2.50. The van der Waals surface area contributed by atoms with Gasteiger partial charge in [0.1, 0.15) is 5.82 Å². The van der Waals surface area contributed by atoms with Crippen LogP contribution in [0.3, 0.4) is 0 Å². The van der Waals surface area contributed by atoms with Gasteiger partial charge in [0.05, 0.1) is 22.5 Å². The van der Waals surface area contributed by atoms with E-state index < -0.39 is 11.9 Å². The van der Waals surface area contributed by atoms with Gasteiger partial charge in [-0.3, -0.25) is 0 Å². The average molecular weight is 364 g/mol. The Morgan fingerprint density at radius 1 is 0.815 bits per heavy atom. The van der Waals surface area contributed by atoms with Gasteiger partial charge in [-0.05, 0) is 31.2 Å². The lowest BCUT2D eigenvalue weighted by Crippen LogP contribution is -2.07. The molecule has 0 aliphatic carbocycles. The van der Waals surface area contributed by atoms with E-state index in [-0.39, 0.29) is 17.1 Å². The van der Waals surface area contributed by atoms with Crippen molar-refractivity contribution in [3.05, 3.63) is 71.4 Å². The molecule has 0 bridgehead atoms. The molecule has 0 unspecified atom stereocenters. The van der Waals surface area contributed by atoms with Gasteiger partial charge in [-0.15, -0.1) is 0 Å². The van der Waals surface area contributed by atoms with Crippen molar-refractivity contribution in [2.24, 2.45) is 0 Å². The van der Waals surface area contributed by atoms with E-state index in [9.17, 15) is 19.8 Å². The minimum atomic E-state index is -1.07. The number of nitrogens with one attached hydrogen (secondary N) is 2. The number of carbonyl (C=O) groups is 2. The molecule has 3 rings (SSSR count). The van der Waals surface area contributed by atoms with Crippen LogP contribution in [0.15, 0.2) is 54.6 Å². The molecule has 0 saturated heterocycles. The van der Waals surface area contributed by atoms with E-state index in [1.807, 2.05) is 0 Å². The standard InChI is InChI=1S/C19H16N4O4/c1-11-10-16(21-14-8-4-2-6-12(14)17(24)25)23-19(20-11)22-15-9-5-3-7-13(15)18(26)27/h2-10H,1H3,(H,24,25)(H,26,27)(H2,20,21,22,23). The van der Waals surface area contributed by atoms with E-state index in [0.29, 0.717) is 22.9 Å². The molecule has 8 heteroatoms. The highest BCUT2D eigenvalue weighted by Gasteiger charge is 2.13. The number of aromatic carboxylic acids is 2. The highest BCUT2D eigenvalue weighted by atomic mass is 16.4. The fraction of sp³-hybridized carbons (Fsp3) is 0.0526. The van der Waals surface area contributed by atoms with E-state index in [0.717, 1.165) is 0 Å². The molecule has 27 heavy (non-hydrogen) atoms. The zero-order valence-electron chi connectivity index (χ0n) is 14.3. The molecular weight excluding hydrogens is 348 g/mol. The lowest BCUT2D eigenvalue weighted by Gasteiger charge is -2.12. The van der Waals surface area contributed by atoms with Crippen LogP contribution in [-0.2, 0) is 0 Å². The van der Waals surface area contributed by atoms with E-state index in [2.05, 4.69) is 20.6 Å². The minimum Gasteiger partial charge on any atom is -0.478 e. The Balaban J connectivity index is 1.92. The third-order valence-electron chi connectivity index (χ3n) is 3.68. The van der Waals surface area contributed by atoms with Crippen LogP contribution in [-0.4, -0.2) is 32.1 Å². The van der Waals surface area contributed by atoms with Crippen LogP contribution in [0, 0.1) is 6.92 Å². The van der Waals surface area contributed by atoms with Crippen LogP contribution in [0.2, 0.25) is 0 Å². The van der Waals surface area contributed by atoms with Crippen molar-refractivity contribution in [1.82, 2.24) is 9.97 Å². The second-order valence-corrected chi connectivity index (χ2v) is 5.67. The van der Waals surface area contributed by atoms with Crippen molar-refractivity contribution >= 4 is 35.1 Å². The molecule has 0 spiro atoms. The summed E-state index contributed by atoms with van der Waals surface area (Å²) in [4.78, 5) is 31.3. The molecule has 3 aromatic rings. The summed E-state index contributed by atoms with van der Waals surface area (Å²) in [5, 5.41) is 24.4. The summed E-state index contributed by atoms with van der Waals surface area (Å²) in [6.07, 6.45) is 0. The molecular formula is C19H16N4O4. The molecule has 8 nitrogen and oxygen atoms in total. The van der Waals surface area contributed by atoms with Crippen molar-refractivity contribution in [3.63, 3.8) is 0 Å². The van der Waals surface area contributed by atoms with Crippen LogP contribution in [0.5, 0.6) is 0 Å². The van der Waals surface area contributed by atoms with Gasteiger partial charge in [0.2, 0.25) is 5.95 Å². The maximum Gasteiger partial charge on any atom is 0.337 e. The first kappa shape index (κ1) is 17.9. The molecule has 0 saturated carbocycles. The topological polar surface area (TPSA) is 124 Å². The molecule has 136 valence electrons. The third kappa shape index (κ3) is 4.18. The predicted molar refractivity (Wildman–Crippen MR) is 100 cm³/mol. The Labute approximate surface area is 154 Å². The van der Waals surface area contributed by atoms with E-state index in [4.69, 9.17) is 0 Å². The van der Waals surface area contributed by atoms with Crippen LogP contribution in [0.1, 0.15) is 26.4 Å². The predicted octanol–water partition coefficient (Wildman–Crippen LogP) is 3.67. The lowest BCUT2D eigenvalue weighted by atomic mass is 10.2. The number of aromatic nitrogens is 2. The number of hydrogen-bond acceptors (Lipinski definition) is 6. The number of nitrogens with zero attached hydrogens (tertiary/aromatic N) is 2. The fourth-order valence-corrected chi connectivity index (χ4v) is 2.50. The SMILES string of the molecule is Cc1cc(Nc2ccccc2C(=O)O)nc(Nc2ccccc2C(=O)O)n1. The molecule has 1 heterocycles. The minimum absolute atomic E-state index is 0.0911. The van der Waals surface area contributed by atoms with Gasteiger partial charge in [-0.1, -0.05) is 24.3 Å². The van der Waals surface area contributed by atoms with Crippen molar-refractivity contribution in [3.8, 4) is 0 Å². The number of carboxylic acids is 2. The van der Waals surface area contributed by atoms with Gasteiger partial charge >= 0.3 is 11.9 Å². The number of para-hydroxylation sites is 2. The van der Waals surface area contributed by atoms with E-state index >= 15 is 0 Å². The second kappa shape index (κ2) is 7.52. The molecule has 0 aliphatic rings. The molecule has 0 aliphatic heterocycles. The number of carboxylic acid groups (broad SMARTS) is 2. The third-order valence-corrected chi connectivity index (χ3v) is 3.68. The lowest BCUT2D eigenvalue weighted by molar-refractivity contribution is 0.0687. The first-order valence-electron chi connectivity index (χ1n) is 7.98. The summed E-state index contributed by atoms with van der Waals surface area (Å²) >= 11 is 0. The Morgan fingerprint density at radius 2 is 1.33 bits per heavy atom. The van der Waals surface area contributed by atoms with Crippen molar-refractivity contribution in [2.45, 2.75) is 6.92 Å². The molecule has 0 amide bonds. The molecule has 1 aromatic heterocycles. The van der Waals surface area contributed by atoms with Gasteiger partial charge in [-0.25, -0.2) is 14.6 Å². The number of benzene rings is 2. The number of aryl methyl sites for hydroxylation is 1.